The number of hydrogen-bond acceptors (Lipinski definition) is 2. The van der Waals surface area contributed by atoms with E-state index in [4.69, 9.17) is 5.11 Å². The van der Waals surface area contributed by atoms with E-state index < -0.39 is 5.97 Å². The summed E-state index contributed by atoms with van der Waals surface area (Å²) >= 11 is 3.59. The molecule has 1 aromatic carbocycles. The maximum Gasteiger partial charge on any atom is 0.307 e. The molecule has 0 radical (unpaired) electrons. The van der Waals surface area contributed by atoms with Crippen LogP contribution in [0.2, 0.25) is 0 Å². The Morgan fingerprint density at radius 2 is 2.18 bits per heavy atom. The van der Waals surface area contributed by atoms with Crippen LogP contribution in [0.1, 0.15) is 29.2 Å². The summed E-state index contributed by atoms with van der Waals surface area (Å²) in [7, 11) is 0. The molecule has 0 saturated carbocycles. The molecule has 3 nitrogen and oxygen atoms in total. The second kappa shape index (κ2) is 4.78. The van der Waals surface area contributed by atoms with Crippen LogP contribution < -0.4 is 5.32 Å². The zero-order chi connectivity index (χ0) is 12.6. The Morgan fingerprint density at radius 1 is 1.47 bits per heavy atom. The number of aryl methyl sites for hydroxylation is 2. The molecular weight excluding hydrogens is 282 g/mol. The van der Waals surface area contributed by atoms with E-state index in [2.05, 4.69) is 47.2 Å². The number of carboxylic acids is 1. The van der Waals surface area contributed by atoms with E-state index in [1.807, 2.05) is 0 Å². The highest BCUT2D eigenvalue weighted by Gasteiger charge is 2.31. The van der Waals surface area contributed by atoms with E-state index in [9.17, 15) is 4.79 Å². The Labute approximate surface area is 109 Å². The summed E-state index contributed by atoms with van der Waals surface area (Å²) in [6.07, 6.45) is 0.664. The van der Waals surface area contributed by atoms with Gasteiger partial charge in [0.15, 0.2) is 0 Å². The Kier molecular flexibility index (Phi) is 3.54. The van der Waals surface area contributed by atoms with Crippen molar-refractivity contribution in [1.82, 2.24) is 5.32 Å². The second-order valence-electron chi connectivity index (χ2n) is 4.72. The molecule has 2 N–H and O–H groups in total. The van der Waals surface area contributed by atoms with Gasteiger partial charge in [-0.05, 0) is 31.4 Å². The second-order valence-corrected chi connectivity index (χ2v) is 5.51. The Morgan fingerprint density at radius 3 is 2.76 bits per heavy atom. The summed E-state index contributed by atoms with van der Waals surface area (Å²) < 4.78 is 1.09. The highest BCUT2D eigenvalue weighted by Crippen LogP contribution is 2.34. The fourth-order valence-electron chi connectivity index (χ4n) is 2.40. The first kappa shape index (κ1) is 12.6. The largest absolute Gasteiger partial charge is 0.481 e. The molecule has 0 amide bonds. The summed E-state index contributed by atoms with van der Waals surface area (Å²) in [5.41, 5.74) is 3.58. The number of rotatable bonds is 2. The van der Waals surface area contributed by atoms with E-state index >= 15 is 0 Å². The van der Waals surface area contributed by atoms with Crippen molar-refractivity contribution in [1.29, 1.82) is 0 Å². The van der Waals surface area contributed by atoms with Crippen molar-refractivity contribution in [3.05, 3.63) is 33.3 Å². The summed E-state index contributed by atoms with van der Waals surface area (Å²) in [5.74, 6) is -0.979. The normalized spacial score (nSPS) is 23.9. The Hall–Kier alpha value is -0.870. The van der Waals surface area contributed by atoms with Crippen LogP contribution in [0.15, 0.2) is 16.6 Å². The van der Waals surface area contributed by atoms with Crippen molar-refractivity contribution in [2.45, 2.75) is 26.3 Å². The minimum atomic E-state index is -0.708. The molecule has 0 bridgehead atoms. The third-order valence-corrected chi connectivity index (χ3v) is 4.37. The number of benzene rings is 1. The number of carbonyl (C=O) groups is 1. The van der Waals surface area contributed by atoms with Crippen LogP contribution >= 0.6 is 15.9 Å². The SMILES string of the molecule is Cc1cc(C)c(Br)c(C2CC(C(=O)O)CN2)c1. The third-order valence-electron chi connectivity index (χ3n) is 3.28. The van der Waals surface area contributed by atoms with E-state index in [-0.39, 0.29) is 12.0 Å². The van der Waals surface area contributed by atoms with Crippen molar-refractivity contribution >= 4 is 21.9 Å². The van der Waals surface area contributed by atoms with Crippen molar-refractivity contribution in [3.8, 4) is 0 Å². The van der Waals surface area contributed by atoms with Crippen LogP contribution in [0.5, 0.6) is 0 Å². The molecule has 0 aliphatic carbocycles. The lowest BCUT2D eigenvalue weighted by molar-refractivity contribution is -0.141. The maximum atomic E-state index is 10.9. The van der Waals surface area contributed by atoms with Gasteiger partial charge < -0.3 is 10.4 Å². The van der Waals surface area contributed by atoms with Crippen LogP contribution in [0, 0.1) is 19.8 Å². The number of halogens is 1. The summed E-state index contributed by atoms with van der Waals surface area (Å²) in [6.45, 7) is 4.68. The van der Waals surface area contributed by atoms with E-state index in [1.165, 1.54) is 16.7 Å². The molecule has 0 aromatic heterocycles. The van der Waals surface area contributed by atoms with Gasteiger partial charge in [0.25, 0.3) is 0 Å². The van der Waals surface area contributed by atoms with Crippen LogP contribution in [0.25, 0.3) is 0 Å². The van der Waals surface area contributed by atoms with Crippen LogP contribution in [0.3, 0.4) is 0 Å². The van der Waals surface area contributed by atoms with Gasteiger partial charge in [-0.25, -0.2) is 0 Å². The van der Waals surface area contributed by atoms with Gasteiger partial charge in [-0.2, -0.15) is 0 Å². The molecule has 4 heteroatoms. The predicted octanol–water partition coefficient (Wildman–Crippen LogP) is 2.80. The van der Waals surface area contributed by atoms with Gasteiger partial charge in [-0.3, -0.25) is 4.79 Å². The van der Waals surface area contributed by atoms with E-state index in [0.29, 0.717) is 13.0 Å². The smallest absolute Gasteiger partial charge is 0.307 e. The molecule has 0 spiro atoms. The van der Waals surface area contributed by atoms with Gasteiger partial charge >= 0.3 is 5.97 Å². The van der Waals surface area contributed by atoms with Gasteiger partial charge in [0.2, 0.25) is 0 Å². The van der Waals surface area contributed by atoms with Crippen LogP contribution in [0.4, 0.5) is 0 Å². The minimum absolute atomic E-state index is 0.143. The van der Waals surface area contributed by atoms with Crippen molar-refractivity contribution in [2.24, 2.45) is 5.92 Å². The molecule has 1 aliphatic rings. The van der Waals surface area contributed by atoms with E-state index in [1.54, 1.807) is 0 Å². The monoisotopic (exact) mass is 297 g/mol. The first-order chi connectivity index (χ1) is 7.99. The fraction of sp³-hybridized carbons (Fsp3) is 0.462. The number of carboxylic acid groups (broad SMARTS) is 1. The topological polar surface area (TPSA) is 49.3 Å². The average Bonchev–Trinajstić information content (AvgIpc) is 2.72. The molecule has 2 atom stereocenters. The zero-order valence-corrected chi connectivity index (χ0v) is 11.5. The number of aliphatic carboxylic acids is 1. The van der Waals surface area contributed by atoms with Crippen LogP contribution in [-0.4, -0.2) is 17.6 Å². The highest BCUT2D eigenvalue weighted by molar-refractivity contribution is 9.10. The minimum Gasteiger partial charge on any atom is -0.481 e. The number of hydrogen-bond donors (Lipinski definition) is 2. The van der Waals surface area contributed by atoms with Crippen LogP contribution in [-0.2, 0) is 4.79 Å². The molecule has 17 heavy (non-hydrogen) atoms. The molecule has 2 unspecified atom stereocenters. The standard InChI is InChI=1S/C13H16BrNO2/c1-7-3-8(2)12(14)10(4-7)11-5-9(6-15-11)13(16)17/h3-4,9,11,15H,5-6H2,1-2H3,(H,16,17). The predicted molar refractivity (Wildman–Crippen MR) is 70.1 cm³/mol. The molecular formula is C13H16BrNO2. The Bertz CT molecular complexity index is 459. The summed E-state index contributed by atoms with van der Waals surface area (Å²) in [5, 5.41) is 12.3. The van der Waals surface area contributed by atoms with Gasteiger partial charge in [-0.15, -0.1) is 0 Å². The molecule has 1 aromatic rings. The van der Waals surface area contributed by atoms with Gasteiger partial charge in [-0.1, -0.05) is 33.6 Å². The first-order valence-corrected chi connectivity index (χ1v) is 6.51. The van der Waals surface area contributed by atoms with Gasteiger partial charge in [0.05, 0.1) is 5.92 Å². The zero-order valence-electron chi connectivity index (χ0n) is 9.96. The molecule has 1 aliphatic heterocycles. The van der Waals surface area contributed by atoms with E-state index in [0.717, 1.165) is 4.47 Å². The molecule has 1 saturated heterocycles. The van der Waals surface area contributed by atoms with Crippen molar-refractivity contribution in [2.75, 3.05) is 6.54 Å². The van der Waals surface area contributed by atoms with Gasteiger partial charge in [0, 0.05) is 17.1 Å². The van der Waals surface area contributed by atoms with Gasteiger partial charge in [0.1, 0.15) is 0 Å². The highest BCUT2D eigenvalue weighted by atomic mass is 79.9. The lowest BCUT2D eigenvalue weighted by Gasteiger charge is -2.15. The maximum absolute atomic E-state index is 10.9. The third kappa shape index (κ3) is 2.53. The summed E-state index contributed by atoms with van der Waals surface area (Å²) in [6, 6.07) is 4.39. The van der Waals surface area contributed by atoms with Crippen molar-refractivity contribution in [3.63, 3.8) is 0 Å². The number of nitrogens with one attached hydrogen (secondary N) is 1. The fourth-order valence-corrected chi connectivity index (χ4v) is 2.90. The average molecular weight is 298 g/mol. The lowest BCUT2D eigenvalue weighted by atomic mass is 9.97. The molecule has 92 valence electrons. The lowest BCUT2D eigenvalue weighted by Crippen LogP contribution is -2.17. The summed E-state index contributed by atoms with van der Waals surface area (Å²) in [4.78, 5) is 10.9. The first-order valence-electron chi connectivity index (χ1n) is 5.72. The quantitative estimate of drug-likeness (QED) is 0.882. The molecule has 1 fully saturated rings. The molecule has 2 rings (SSSR count). The Balaban J connectivity index is 2.27. The van der Waals surface area contributed by atoms with Crippen molar-refractivity contribution < 1.29 is 9.90 Å². The molecule has 1 heterocycles.